The fourth-order valence-electron chi connectivity index (χ4n) is 1.66. The van der Waals surface area contributed by atoms with Crippen molar-refractivity contribution >= 4 is 11.6 Å². The van der Waals surface area contributed by atoms with Gasteiger partial charge in [-0.1, -0.05) is 23.7 Å². The van der Waals surface area contributed by atoms with Crippen LogP contribution < -0.4 is 10.5 Å². The highest BCUT2D eigenvalue weighted by Gasteiger charge is 2.09. The van der Waals surface area contributed by atoms with Crippen molar-refractivity contribution in [3.8, 4) is 5.75 Å². The number of para-hydroxylation sites is 1. The SMILES string of the molecule is NCc1cccc(Cl)c1OCc1ccc(F)cc1F. The molecule has 2 nitrogen and oxygen atoms in total. The zero-order valence-corrected chi connectivity index (χ0v) is 10.8. The zero-order chi connectivity index (χ0) is 13.8. The Morgan fingerprint density at radius 1 is 1.11 bits per heavy atom. The fourth-order valence-corrected chi connectivity index (χ4v) is 1.91. The summed E-state index contributed by atoms with van der Waals surface area (Å²) < 4.78 is 31.7. The first kappa shape index (κ1) is 13.8. The molecule has 0 aliphatic rings. The Hall–Kier alpha value is -1.65. The first-order valence-electron chi connectivity index (χ1n) is 5.66. The Bertz CT molecular complexity index is 590. The summed E-state index contributed by atoms with van der Waals surface area (Å²) in [6.07, 6.45) is 0. The lowest BCUT2D eigenvalue weighted by molar-refractivity contribution is 0.296. The second-order valence-electron chi connectivity index (χ2n) is 3.96. The molecule has 0 spiro atoms. The second kappa shape index (κ2) is 5.99. The van der Waals surface area contributed by atoms with Crippen LogP contribution in [-0.2, 0) is 13.2 Å². The van der Waals surface area contributed by atoms with E-state index in [2.05, 4.69) is 0 Å². The third-order valence-corrected chi connectivity index (χ3v) is 2.95. The van der Waals surface area contributed by atoms with Gasteiger partial charge < -0.3 is 10.5 Å². The van der Waals surface area contributed by atoms with Crippen molar-refractivity contribution in [1.82, 2.24) is 0 Å². The van der Waals surface area contributed by atoms with Crippen LogP contribution in [0.4, 0.5) is 8.78 Å². The van der Waals surface area contributed by atoms with Crippen LogP contribution in [0.15, 0.2) is 36.4 Å². The van der Waals surface area contributed by atoms with E-state index in [1.807, 2.05) is 0 Å². The van der Waals surface area contributed by atoms with E-state index in [1.165, 1.54) is 12.1 Å². The van der Waals surface area contributed by atoms with Gasteiger partial charge in [-0.25, -0.2) is 8.78 Å². The van der Waals surface area contributed by atoms with Gasteiger partial charge in [0.1, 0.15) is 24.0 Å². The van der Waals surface area contributed by atoms with E-state index in [1.54, 1.807) is 18.2 Å². The minimum Gasteiger partial charge on any atom is -0.487 e. The molecule has 0 fully saturated rings. The molecule has 0 bridgehead atoms. The number of rotatable bonds is 4. The lowest BCUT2D eigenvalue weighted by Crippen LogP contribution is -2.04. The van der Waals surface area contributed by atoms with E-state index < -0.39 is 11.6 Å². The van der Waals surface area contributed by atoms with Crippen LogP contribution in [0.25, 0.3) is 0 Å². The third kappa shape index (κ3) is 3.22. The smallest absolute Gasteiger partial charge is 0.142 e. The van der Waals surface area contributed by atoms with Crippen LogP contribution in [0.5, 0.6) is 5.75 Å². The van der Waals surface area contributed by atoms with Gasteiger partial charge >= 0.3 is 0 Å². The summed E-state index contributed by atoms with van der Waals surface area (Å²) in [6.45, 7) is 0.227. The standard InChI is InChI=1S/C14H12ClF2NO/c15-12-3-1-2-9(7-18)14(12)19-8-10-4-5-11(16)6-13(10)17/h1-6H,7-8,18H2. The van der Waals surface area contributed by atoms with E-state index in [9.17, 15) is 8.78 Å². The lowest BCUT2D eigenvalue weighted by Gasteiger charge is -2.12. The van der Waals surface area contributed by atoms with Gasteiger partial charge in [0.2, 0.25) is 0 Å². The Balaban J connectivity index is 2.19. The molecular weight excluding hydrogens is 272 g/mol. The molecule has 2 N–H and O–H groups in total. The molecule has 2 rings (SSSR count). The number of ether oxygens (including phenoxy) is 1. The van der Waals surface area contributed by atoms with E-state index in [0.717, 1.165) is 11.6 Å². The highest BCUT2D eigenvalue weighted by Crippen LogP contribution is 2.29. The lowest BCUT2D eigenvalue weighted by atomic mass is 10.2. The first-order chi connectivity index (χ1) is 9.11. The van der Waals surface area contributed by atoms with E-state index in [0.29, 0.717) is 10.8 Å². The van der Waals surface area contributed by atoms with Gasteiger partial charge in [0, 0.05) is 23.7 Å². The van der Waals surface area contributed by atoms with Gasteiger partial charge in [0.05, 0.1) is 5.02 Å². The van der Waals surface area contributed by atoms with E-state index >= 15 is 0 Å². The molecule has 5 heteroatoms. The van der Waals surface area contributed by atoms with Crippen molar-refractivity contribution in [2.24, 2.45) is 5.73 Å². The van der Waals surface area contributed by atoms with Crippen LogP contribution in [0.2, 0.25) is 5.02 Å². The molecule has 0 aliphatic carbocycles. The average molecular weight is 284 g/mol. The predicted octanol–water partition coefficient (Wildman–Crippen LogP) is 3.66. The minimum atomic E-state index is -0.652. The molecule has 0 saturated carbocycles. The quantitative estimate of drug-likeness (QED) is 0.929. The summed E-state index contributed by atoms with van der Waals surface area (Å²) in [5, 5.41) is 0.408. The summed E-state index contributed by atoms with van der Waals surface area (Å²) in [4.78, 5) is 0. The average Bonchev–Trinajstić information content (AvgIpc) is 2.39. The first-order valence-corrected chi connectivity index (χ1v) is 6.04. The molecule has 0 heterocycles. The largest absolute Gasteiger partial charge is 0.487 e. The van der Waals surface area contributed by atoms with Crippen LogP contribution in [-0.4, -0.2) is 0 Å². The van der Waals surface area contributed by atoms with E-state index in [4.69, 9.17) is 22.1 Å². The summed E-state index contributed by atoms with van der Waals surface area (Å²) in [5.74, 6) is -0.849. The van der Waals surface area contributed by atoms with E-state index in [-0.39, 0.29) is 18.7 Å². The molecule has 0 atom stereocenters. The number of nitrogens with two attached hydrogens (primary N) is 1. The van der Waals surface area contributed by atoms with Crippen molar-refractivity contribution < 1.29 is 13.5 Å². The molecule has 19 heavy (non-hydrogen) atoms. The Morgan fingerprint density at radius 2 is 1.89 bits per heavy atom. The normalized spacial score (nSPS) is 10.5. The summed E-state index contributed by atoms with van der Waals surface area (Å²) in [7, 11) is 0. The van der Waals surface area contributed by atoms with Crippen molar-refractivity contribution in [3.63, 3.8) is 0 Å². The van der Waals surface area contributed by atoms with Crippen molar-refractivity contribution in [1.29, 1.82) is 0 Å². The zero-order valence-electron chi connectivity index (χ0n) is 10.00. The minimum absolute atomic E-state index is 0.0388. The Labute approximate surface area is 114 Å². The van der Waals surface area contributed by atoms with Gasteiger partial charge in [-0.3, -0.25) is 0 Å². The highest BCUT2D eigenvalue weighted by atomic mass is 35.5. The summed E-state index contributed by atoms with van der Waals surface area (Å²) in [6, 6.07) is 8.53. The van der Waals surface area contributed by atoms with Crippen LogP contribution in [0, 0.1) is 11.6 Å². The summed E-state index contributed by atoms with van der Waals surface area (Å²) >= 11 is 6.01. The monoisotopic (exact) mass is 283 g/mol. The number of hydrogen-bond donors (Lipinski definition) is 1. The fraction of sp³-hybridized carbons (Fsp3) is 0.143. The molecule has 0 amide bonds. The molecule has 0 unspecified atom stereocenters. The third-order valence-electron chi connectivity index (χ3n) is 2.66. The molecule has 0 aromatic heterocycles. The maximum Gasteiger partial charge on any atom is 0.142 e. The molecule has 2 aromatic carbocycles. The molecule has 0 saturated heterocycles. The molecule has 2 aromatic rings. The predicted molar refractivity (Wildman–Crippen MR) is 70.0 cm³/mol. The Kier molecular flexibility index (Phi) is 4.35. The number of hydrogen-bond acceptors (Lipinski definition) is 2. The summed E-state index contributed by atoms with van der Waals surface area (Å²) in [5.41, 5.74) is 6.56. The van der Waals surface area contributed by atoms with Crippen molar-refractivity contribution in [2.45, 2.75) is 13.2 Å². The van der Waals surface area contributed by atoms with Gasteiger partial charge in [-0.15, -0.1) is 0 Å². The molecule has 100 valence electrons. The topological polar surface area (TPSA) is 35.2 Å². The van der Waals surface area contributed by atoms with Gasteiger partial charge in [0.25, 0.3) is 0 Å². The molecule has 0 radical (unpaired) electrons. The Morgan fingerprint density at radius 3 is 2.58 bits per heavy atom. The van der Waals surface area contributed by atoms with Gasteiger partial charge in [-0.2, -0.15) is 0 Å². The maximum absolute atomic E-state index is 13.5. The van der Waals surface area contributed by atoms with Gasteiger partial charge in [-0.05, 0) is 18.2 Å². The number of halogens is 3. The van der Waals surface area contributed by atoms with Crippen LogP contribution >= 0.6 is 11.6 Å². The van der Waals surface area contributed by atoms with Crippen LogP contribution in [0.1, 0.15) is 11.1 Å². The van der Waals surface area contributed by atoms with Crippen LogP contribution in [0.3, 0.4) is 0 Å². The second-order valence-corrected chi connectivity index (χ2v) is 4.36. The highest BCUT2D eigenvalue weighted by molar-refractivity contribution is 6.32. The van der Waals surface area contributed by atoms with Crippen molar-refractivity contribution in [2.75, 3.05) is 0 Å². The molecule has 0 aliphatic heterocycles. The number of benzene rings is 2. The maximum atomic E-state index is 13.5. The molecular formula is C14H12ClF2NO. The van der Waals surface area contributed by atoms with Crippen molar-refractivity contribution in [3.05, 3.63) is 64.2 Å². The van der Waals surface area contributed by atoms with Gasteiger partial charge in [0.15, 0.2) is 0 Å².